The normalized spacial score (nSPS) is 20.0. The molecule has 0 amide bonds. The SMILES string of the molecule is C1=C(CCCCC2=CCCN2)NCC1. The van der Waals surface area contributed by atoms with E-state index in [0.717, 1.165) is 13.1 Å². The molecule has 0 saturated heterocycles. The molecule has 2 nitrogen and oxygen atoms in total. The van der Waals surface area contributed by atoms with Gasteiger partial charge in [0.1, 0.15) is 0 Å². The van der Waals surface area contributed by atoms with Crippen molar-refractivity contribution in [2.24, 2.45) is 0 Å². The lowest BCUT2D eigenvalue weighted by molar-refractivity contribution is 0.676. The molecular weight excluding hydrogens is 172 g/mol. The summed E-state index contributed by atoms with van der Waals surface area (Å²) in [4.78, 5) is 0. The van der Waals surface area contributed by atoms with Crippen LogP contribution in [-0.2, 0) is 0 Å². The lowest BCUT2D eigenvalue weighted by atomic mass is 10.1. The summed E-state index contributed by atoms with van der Waals surface area (Å²) < 4.78 is 0. The highest BCUT2D eigenvalue weighted by molar-refractivity contribution is 5.07. The topological polar surface area (TPSA) is 24.1 Å². The highest BCUT2D eigenvalue weighted by atomic mass is 14.9. The van der Waals surface area contributed by atoms with Crippen LogP contribution in [0, 0.1) is 0 Å². The molecule has 0 aromatic carbocycles. The van der Waals surface area contributed by atoms with Gasteiger partial charge in [0.2, 0.25) is 0 Å². The number of unbranched alkanes of at least 4 members (excludes halogenated alkanes) is 1. The third-order valence-electron chi connectivity index (χ3n) is 2.92. The van der Waals surface area contributed by atoms with Gasteiger partial charge in [-0.1, -0.05) is 12.2 Å². The Labute approximate surface area is 86.5 Å². The fourth-order valence-corrected chi connectivity index (χ4v) is 2.11. The van der Waals surface area contributed by atoms with Crippen molar-refractivity contribution in [1.82, 2.24) is 10.6 Å². The molecule has 0 aromatic heterocycles. The number of allylic oxidation sites excluding steroid dienone is 2. The second kappa shape index (κ2) is 5.08. The quantitative estimate of drug-likeness (QED) is 0.653. The van der Waals surface area contributed by atoms with E-state index < -0.39 is 0 Å². The molecule has 0 radical (unpaired) electrons. The molecule has 78 valence electrons. The first kappa shape index (κ1) is 9.63. The predicted molar refractivity (Wildman–Crippen MR) is 59.9 cm³/mol. The van der Waals surface area contributed by atoms with E-state index in [1.807, 2.05) is 0 Å². The van der Waals surface area contributed by atoms with Gasteiger partial charge in [0.25, 0.3) is 0 Å². The first-order chi connectivity index (χ1) is 6.95. The van der Waals surface area contributed by atoms with Gasteiger partial charge >= 0.3 is 0 Å². The molecule has 2 aliphatic heterocycles. The van der Waals surface area contributed by atoms with E-state index in [2.05, 4.69) is 22.8 Å². The van der Waals surface area contributed by atoms with Crippen molar-refractivity contribution in [3.05, 3.63) is 23.5 Å². The molecule has 0 fully saturated rings. The van der Waals surface area contributed by atoms with Gasteiger partial charge in [-0.2, -0.15) is 0 Å². The molecule has 2 heteroatoms. The molecule has 0 bridgehead atoms. The largest absolute Gasteiger partial charge is 0.388 e. The van der Waals surface area contributed by atoms with Crippen LogP contribution in [0.1, 0.15) is 38.5 Å². The zero-order chi connectivity index (χ0) is 9.64. The van der Waals surface area contributed by atoms with Gasteiger partial charge in [0.05, 0.1) is 0 Å². The van der Waals surface area contributed by atoms with Gasteiger partial charge in [-0.3, -0.25) is 0 Å². The minimum Gasteiger partial charge on any atom is -0.388 e. The maximum absolute atomic E-state index is 3.42. The zero-order valence-electron chi connectivity index (χ0n) is 8.81. The predicted octanol–water partition coefficient (Wildman–Crippen LogP) is 2.30. The molecule has 2 rings (SSSR count). The Morgan fingerprint density at radius 3 is 1.71 bits per heavy atom. The van der Waals surface area contributed by atoms with Gasteiger partial charge < -0.3 is 10.6 Å². The average molecular weight is 192 g/mol. The smallest absolute Gasteiger partial charge is 0.0179 e. The highest BCUT2D eigenvalue weighted by Crippen LogP contribution is 2.14. The molecular formula is C12H20N2. The van der Waals surface area contributed by atoms with Crippen LogP contribution in [0.25, 0.3) is 0 Å². The van der Waals surface area contributed by atoms with Gasteiger partial charge in [0.15, 0.2) is 0 Å². The Hall–Kier alpha value is -0.920. The average Bonchev–Trinajstić information content (AvgIpc) is 2.86. The molecule has 0 saturated carbocycles. The van der Waals surface area contributed by atoms with Crippen LogP contribution in [-0.4, -0.2) is 13.1 Å². The summed E-state index contributed by atoms with van der Waals surface area (Å²) in [5, 5.41) is 6.83. The second-order valence-corrected chi connectivity index (χ2v) is 4.10. The third-order valence-corrected chi connectivity index (χ3v) is 2.92. The molecule has 14 heavy (non-hydrogen) atoms. The van der Waals surface area contributed by atoms with E-state index in [1.165, 1.54) is 49.9 Å². The minimum absolute atomic E-state index is 1.15. The fourth-order valence-electron chi connectivity index (χ4n) is 2.11. The fraction of sp³-hybridized carbons (Fsp3) is 0.667. The van der Waals surface area contributed by atoms with E-state index in [1.54, 1.807) is 0 Å². The molecule has 0 atom stereocenters. The Kier molecular flexibility index (Phi) is 3.50. The number of hydrogen-bond donors (Lipinski definition) is 2. The maximum Gasteiger partial charge on any atom is 0.0179 e. The van der Waals surface area contributed by atoms with E-state index in [0.29, 0.717) is 0 Å². The summed E-state index contributed by atoms with van der Waals surface area (Å²) in [5.74, 6) is 0. The number of hydrogen-bond acceptors (Lipinski definition) is 2. The molecule has 0 spiro atoms. The number of rotatable bonds is 5. The summed E-state index contributed by atoms with van der Waals surface area (Å²) in [6, 6.07) is 0. The van der Waals surface area contributed by atoms with E-state index in [4.69, 9.17) is 0 Å². The minimum atomic E-state index is 1.15. The summed E-state index contributed by atoms with van der Waals surface area (Å²) in [7, 11) is 0. The molecule has 0 aromatic rings. The van der Waals surface area contributed by atoms with Crippen molar-refractivity contribution in [3.63, 3.8) is 0 Å². The Morgan fingerprint density at radius 2 is 1.36 bits per heavy atom. The van der Waals surface area contributed by atoms with Crippen LogP contribution in [0.2, 0.25) is 0 Å². The van der Waals surface area contributed by atoms with Gasteiger partial charge in [-0.15, -0.1) is 0 Å². The maximum atomic E-state index is 3.42. The van der Waals surface area contributed by atoms with Crippen LogP contribution in [0.3, 0.4) is 0 Å². The van der Waals surface area contributed by atoms with E-state index in [-0.39, 0.29) is 0 Å². The van der Waals surface area contributed by atoms with Crippen LogP contribution >= 0.6 is 0 Å². The standard InChI is InChI=1S/C12H20N2/c1(5-11-7-3-9-13-11)2-6-12-8-4-10-14-12/h7-8,13-14H,1-6,9-10H2. The Morgan fingerprint density at radius 1 is 0.857 bits per heavy atom. The van der Waals surface area contributed by atoms with Crippen molar-refractivity contribution in [2.75, 3.05) is 13.1 Å². The molecule has 2 N–H and O–H groups in total. The Balaban J connectivity index is 1.54. The van der Waals surface area contributed by atoms with Crippen molar-refractivity contribution in [1.29, 1.82) is 0 Å². The molecule has 0 aliphatic carbocycles. The summed E-state index contributed by atoms with van der Waals surface area (Å²) in [6.07, 6.45) is 12.3. The molecule has 2 heterocycles. The van der Waals surface area contributed by atoms with Crippen LogP contribution in [0.15, 0.2) is 23.5 Å². The first-order valence-corrected chi connectivity index (χ1v) is 5.81. The molecule has 2 aliphatic rings. The second-order valence-electron chi connectivity index (χ2n) is 4.10. The summed E-state index contributed by atoms with van der Waals surface area (Å²) in [6.45, 7) is 2.31. The van der Waals surface area contributed by atoms with E-state index >= 15 is 0 Å². The zero-order valence-corrected chi connectivity index (χ0v) is 8.81. The summed E-state index contributed by atoms with van der Waals surface area (Å²) in [5.41, 5.74) is 2.94. The van der Waals surface area contributed by atoms with Crippen molar-refractivity contribution >= 4 is 0 Å². The van der Waals surface area contributed by atoms with Crippen LogP contribution in [0.4, 0.5) is 0 Å². The van der Waals surface area contributed by atoms with Crippen molar-refractivity contribution < 1.29 is 0 Å². The lowest BCUT2D eigenvalue weighted by Gasteiger charge is -2.05. The van der Waals surface area contributed by atoms with Crippen LogP contribution in [0.5, 0.6) is 0 Å². The first-order valence-electron chi connectivity index (χ1n) is 5.81. The van der Waals surface area contributed by atoms with Gasteiger partial charge in [0, 0.05) is 24.5 Å². The van der Waals surface area contributed by atoms with Crippen LogP contribution < -0.4 is 10.6 Å². The third kappa shape index (κ3) is 2.79. The Bertz CT molecular complexity index is 215. The number of nitrogens with one attached hydrogen (secondary N) is 2. The van der Waals surface area contributed by atoms with Gasteiger partial charge in [-0.05, 0) is 38.5 Å². The van der Waals surface area contributed by atoms with Crippen molar-refractivity contribution in [3.8, 4) is 0 Å². The van der Waals surface area contributed by atoms with E-state index in [9.17, 15) is 0 Å². The molecule has 0 unspecified atom stereocenters. The van der Waals surface area contributed by atoms with Gasteiger partial charge in [-0.25, -0.2) is 0 Å². The highest BCUT2D eigenvalue weighted by Gasteiger charge is 2.04. The summed E-state index contributed by atoms with van der Waals surface area (Å²) >= 11 is 0. The monoisotopic (exact) mass is 192 g/mol. The lowest BCUT2D eigenvalue weighted by Crippen LogP contribution is -2.08. The van der Waals surface area contributed by atoms with Crippen molar-refractivity contribution in [2.45, 2.75) is 38.5 Å².